The molecule has 0 spiro atoms. The highest BCUT2D eigenvalue weighted by atomic mass is 35.5. The van der Waals surface area contributed by atoms with Gasteiger partial charge in [0.05, 0.1) is 6.04 Å². The van der Waals surface area contributed by atoms with Crippen LogP contribution in [0.1, 0.15) is 17.4 Å². The van der Waals surface area contributed by atoms with Crippen LogP contribution < -0.4 is 5.73 Å². The van der Waals surface area contributed by atoms with Crippen molar-refractivity contribution in [3.8, 4) is 0 Å². The number of aryl methyl sites for hydroxylation is 1. The van der Waals surface area contributed by atoms with Crippen LogP contribution in [0.5, 0.6) is 0 Å². The van der Waals surface area contributed by atoms with Gasteiger partial charge in [-0.05, 0) is 24.1 Å². The molecule has 0 aliphatic rings. The number of benzene rings is 1. The fourth-order valence-corrected chi connectivity index (χ4v) is 1.99. The zero-order valence-corrected chi connectivity index (χ0v) is 10.2. The Bertz CT molecular complexity index is 524. The van der Waals surface area contributed by atoms with Crippen LogP contribution in [0.15, 0.2) is 30.6 Å². The van der Waals surface area contributed by atoms with Crippen LogP contribution in [-0.2, 0) is 13.5 Å². The van der Waals surface area contributed by atoms with E-state index in [0.29, 0.717) is 11.4 Å². The summed E-state index contributed by atoms with van der Waals surface area (Å²) in [6.07, 6.45) is 4.06. The molecule has 1 atom stereocenters. The molecule has 1 aromatic heterocycles. The highest BCUT2D eigenvalue weighted by molar-refractivity contribution is 6.31. The maximum absolute atomic E-state index is 12.9. The third-order valence-electron chi connectivity index (χ3n) is 2.65. The maximum Gasteiger partial charge on any atom is 0.125 e. The number of aromatic nitrogens is 2. The van der Waals surface area contributed by atoms with Crippen molar-refractivity contribution in [3.05, 3.63) is 52.8 Å². The van der Waals surface area contributed by atoms with E-state index in [2.05, 4.69) is 4.98 Å². The summed E-state index contributed by atoms with van der Waals surface area (Å²) < 4.78 is 14.8. The van der Waals surface area contributed by atoms with E-state index in [1.54, 1.807) is 12.3 Å². The van der Waals surface area contributed by atoms with Gasteiger partial charge < -0.3 is 10.3 Å². The van der Waals surface area contributed by atoms with Crippen LogP contribution >= 0.6 is 11.6 Å². The summed E-state index contributed by atoms with van der Waals surface area (Å²) in [5.41, 5.74) is 6.87. The van der Waals surface area contributed by atoms with E-state index >= 15 is 0 Å². The lowest BCUT2D eigenvalue weighted by molar-refractivity contribution is 0.618. The second-order valence-electron chi connectivity index (χ2n) is 3.94. The number of nitrogens with two attached hydrogens (primary N) is 1. The molecule has 3 nitrogen and oxygen atoms in total. The van der Waals surface area contributed by atoms with E-state index in [9.17, 15) is 4.39 Å². The molecule has 0 saturated carbocycles. The molecule has 2 rings (SSSR count). The van der Waals surface area contributed by atoms with Gasteiger partial charge in [-0.2, -0.15) is 0 Å². The average Bonchev–Trinajstić information content (AvgIpc) is 2.68. The average molecular weight is 254 g/mol. The number of imidazole rings is 1. The first-order chi connectivity index (χ1) is 8.08. The lowest BCUT2D eigenvalue weighted by Gasteiger charge is -2.12. The largest absolute Gasteiger partial charge is 0.337 e. The topological polar surface area (TPSA) is 43.8 Å². The lowest BCUT2D eigenvalue weighted by Crippen LogP contribution is -2.18. The van der Waals surface area contributed by atoms with E-state index in [0.717, 1.165) is 11.4 Å². The second kappa shape index (κ2) is 4.85. The van der Waals surface area contributed by atoms with E-state index < -0.39 is 0 Å². The minimum atomic E-state index is -0.343. The van der Waals surface area contributed by atoms with Crippen LogP contribution in [0.3, 0.4) is 0 Å². The maximum atomic E-state index is 12.9. The predicted octanol–water partition coefficient (Wildman–Crippen LogP) is 2.46. The van der Waals surface area contributed by atoms with Gasteiger partial charge in [0.15, 0.2) is 0 Å². The highest BCUT2D eigenvalue weighted by Crippen LogP contribution is 2.22. The first kappa shape index (κ1) is 12.1. The van der Waals surface area contributed by atoms with Crippen LogP contribution in [0.25, 0.3) is 0 Å². The van der Waals surface area contributed by atoms with E-state index in [1.165, 1.54) is 12.1 Å². The Kier molecular flexibility index (Phi) is 3.45. The SMILES string of the molecule is Cn1ccnc1C(N)Cc1ccc(F)cc1Cl. The molecule has 1 aromatic carbocycles. The molecule has 0 amide bonds. The molecule has 17 heavy (non-hydrogen) atoms. The van der Waals surface area contributed by atoms with Crippen molar-refractivity contribution in [2.45, 2.75) is 12.5 Å². The Morgan fingerprint density at radius 2 is 2.29 bits per heavy atom. The van der Waals surface area contributed by atoms with Gasteiger partial charge in [0, 0.05) is 24.5 Å². The van der Waals surface area contributed by atoms with Gasteiger partial charge in [0.1, 0.15) is 11.6 Å². The van der Waals surface area contributed by atoms with Gasteiger partial charge in [0.25, 0.3) is 0 Å². The van der Waals surface area contributed by atoms with E-state index in [-0.39, 0.29) is 11.9 Å². The van der Waals surface area contributed by atoms with E-state index in [1.807, 2.05) is 17.8 Å². The number of nitrogens with zero attached hydrogens (tertiary/aromatic N) is 2. The fourth-order valence-electron chi connectivity index (χ4n) is 1.75. The molecule has 0 saturated heterocycles. The van der Waals surface area contributed by atoms with Crippen molar-refractivity contribution in [1.29, 1.82) is 0 Å². The summed E-state index contributed by atoms with van der Waals surface area (Å²) in [5.74, 6) is 0.440. The van der Waals surface area contributed by atoms with Gasteiger partial charge in [0.2, 0.25) is 0 Å². The first-order valence-corrected chi connectivity index (χ1v) is 5.62. The standard InChI is InChI=1S/C12H13ClFN3/c1-17-5-4-16-12(17)11(15)6-8-2-3-9(14)7-10(8)13/h2-5,7,11H,6,15H2,1H3. The zero-order chi connectivity index (χ0) is 12.4. The molecule has 0 fully saturated rings. The van der Waals surface area contributed by atoms with Crippen LogP contribution in [-0.4, -0.2) is 9.55 Å². The predicted molar refractivity (Wildman–Crippen MR) is 65.3 cm³/mol. The molecule has 0 aliphatic heterocycles. The fraction of sp³-hybridized carbons (Fsp3) is 0.250. The number of halogens is 2. The molecule has 1 unspecified atom stereocenters. The lowest BCUT2D eigenvalue weighted by atomic mass is 10.1. The molecule has 5 heteroatoms. The Labute approximate surface area is 104 Å². The Hall–Kier alpha value is -1.39. The van der Waals surface area contributed by atoms with Crippen LogP contribution in [0.2, 0.25) is 5.02 Å². The molecule has 0 radical (unpaired) electrons. The third kappa shape index (κ3) is 2.65. The monoisotopic (exact) mass is 253 g/mol. The summed E-state index contributed by atoms with van der Waals surface area (Å²) in [4.78, 5) is 4.18. The van der Waals surface area contributed by atoms with Crippen LogP contribution in [0, 0.1) is 5.82 Å². The third-order valence-corrected chi connectivity index (χ3v) is 3.00. The molecule has 0 bridgehead atoms. The molecule has 0 aliphatic carbocycles. The van der Waals surface area contributed by atoms with Crippen molar-refractivity contribution in [2.75, 3.05) is 0 Å². The number of hydrogen-bond donors (Lipinski definition) is 1. The van der Waals surface area contributed by atoms with Crippen molar-refractivity contribution in [2.24, 2.45) is 12.8 Å². The zero-order valence-electron chi connectivity index (χ0n) is 9.40. The van der Waals surface area contributed by atoms with Gasteiger partial charge in [-0.25, -0.2) is 9.37 Å². The first-order valence-electron chi connectivity index (χ1n) is 5.24. The van der Waals surface area contributed by atoms with Crippen molar-refractivity contribution < 1.29 is 4.39 Å². The van der Waals surface area contributed by atoms with Crippen molar-refractivity contribution in [1.82, 2.24) is 9.55 Å². The Morgan fingerprint density at radius 3 is 2.88 bits per heavy atom. The normalized spacial score (nSPS) is 12.7. The molecule has 2 N–H and O–H groups in total. The van der Waals surface area contributed by atoms with E-state index in [4.69, 9.17) is 17.3 Å². The molecule has 1 heterocycles. The summed E-state index contributed by atoms with van der Waals surface area (Å²) >= 11 is 5.95. The Morgan fingerprint density at radius 1 is 1.53 bits per heavy atom. The quantitative estimate of drug-likeness (QED) is 0.913. The van der Waals surface area contributed by atoms with Gasteiger partial charge >= 0.3 is 0 Å². The summed E-state index contributed by atoms with van der Waals surface area (Å²) in [6.45, 7) is 0. The molecule has 90 valence electrons. The summed E-state index contributed by atoms with van der Waals surface area (Å²) in [6, 6.07) is 4.08. The number of rotatable bonds is 3. The summed E-state index contributed by atoms with van der Waals surface area (Å²) in [5, 5.41) is 0.398. The van der Waals surface area contributed by atoms with Crippen molar-refractivity contribution in [3.63, 3.8) is 0 Å². The molecular formula is C12H13ClFN3. The molecular weight excluding hydrogens is 241 g/mol. The van der Waals surface area contributed by atoms with Crippen LogP contribution in [0.4, 0.5) is 4.39 Å². The van der Waals surface area contributed by atoms with Gasteiger partial charge in [-0.1, -0.05) is 17.7 Å². The van der Waals surface area contributed by atoms with Gasteiger partial charge in [-0.15, -0.1) is 0 Å². The second-order valence-corrected chi connectivity index (χ2v) is 4.35. The minimum Gasteiger partial charge on any atom is -0.337 e. The number of hydrogen-bond acceptors (Lipinski definition) is 2. The highest BCUT2D eigenvalue weighted by Gasteiger charge is 2.13. The smallest absolute Gasteiger partial charge is 0.125 e. The minimum absolute atomic E-state index is 0.252. The summed E-state index contributed by atoms with van der Waals surface area (Å²) in [7, 11) is 1.88. The van der Waals surface area contributed by atoms with Gasteiger partial charge in [-0.3, -0.25) is 0 Å². The van der Waals surface area contributed by atoms with Crippen molar-refractivity contribution >= 4 is 11.6 Å². The Balaban J connectivity index is 2.19. The molecule has 2 aromatic rings.